The second-order valence-electron chi connectivity index (χ2n) is 4.21. The summed E-state index contributed by atoms with van der Waals surface area (Å²) >= 11 is 0. The quantitative estimate of drug-likeness (QED) is 0.769. The summed E-state index contributed by atoms with van der Waals surface area (Å²) in [6.07, 6.45) is 0. The number of aromatic hydroxyl groups is 1. The molecule has 0 aliphatic carbocycles. The van der Waals surface area contributed by atoms with Gasteiger partial charge in [0.25, 0.3) is 0 Å². The van der Waals surface area contributed by atoms with Crippen LogP contribution in [0.5, 0.6) is 5.75 Å². The summed E-state index contributed by atoms with van der Waals surface area (Å²) in [6, 6.07) is 7.36. The van der Waals surface area contributed by atoms with Gasteiger partial charge in [-0.15, -0.1) is 0 Å². The highest BCUT2D eigenvalue weighted by atomic mass is 16.3. The Morgan fingerprint density at radius 3 is 2.80 bits per heavy atom. The van der Waals surface area contributed by atoms with E-state index < -0.39 is 0 Å². The highest BCUT2D eigenvalue weighted by Crippen LogP contribution is 2.12. The molecule has 1 rings (SSSR count). The molecule has 0 saturated carbocycles. The van der Waals surface area contributed by atoms with Gasteiger partial charge >= 0.3 is 0 Å². The summed E-state index contributed by atoms with van der Waals surface area (Å²) < 4.78 is 0. The molecule has 15 heavy (non-hydrogen) atoms. The zero-order chi connectivity index (χ0) is 11.3. The molecule has 0 aromatic heterocycles. The van der Waals surface area contributed by atoms with E-state index in [2.05, 4.69) is 18.9 Å². The molecular formula is C12H20N2O. The molecule has 0 spiro atoms. The second-order valence-corrected chi connectivity index (χ2v) is 4.21. The molecule has 0 bridgehead atoms. The van der Waals surface area contributed by atoms with Crippen molar-refractivity contribution < 1.29 is 5.11 Å². The van der Waals surface area contributed by atoms with E-state index in [-0.39, 0.29) is 0 Å². The Hall–Kier alpha value is -1.06. The van der Waals surface area contributed by atoms with Crippen molar-refractivity contribution in [1.29, 1.82) is 0 Å². The van der Waals surface area contributed by atoms with Crippen molar-refractivity contribution in [2.24, 2.45) is 11.7 Å². The summed E-state index contributed by atoms with van der Waals surface area (Å²) in [6.45, 7) is 4.67. The van der Waals surface area contributed by atoms with Crippen LogP contribution >= 0.6 is 0 Å². The standard InChI is InChI=1S/C12H20N2O/c1-10(7-13)8-14(2)9-11-4-3-5-12(15)6-11/h3-6,10,15H,7-9,13H2,1-2H3. The monoisotopic (exact) mass is 208 g/mol. The second kappa shape index (κ2) is 5.73. The number of phenolic OH excluding ortho intramolecular Hbond substituents is 1. The highest BCUT2D eigenvalue weighted by molar-refractivity contribution is 5.26. The molecular weight excluding hydrogens is 188 g/mol. The van der Waals surface area contributed by atoms with E-state index in [9.17, 15) is 5.11 Å². The van der Waals surface area contributed by atoms with Crippen molar-refractivity contribution in [2.75, 3.05) is 20.1 Å². The van der Waals surface area contributed by atoms with Gasteiger partial charge in [-0.2, -0.15) is 0 Å². The molecule has 0 saturated heterocycles. The Balaban J connectivity index is 2.47. The number of benzene rings is 1. The van der Waals surface area contributed by atoms with Gasteiger partial charge in [0.1, 0.15) is 5.75 Å². The highest BCUT2D eigenvalue weighted by Gasteiger charge is 2.05. The number of nitrogens with zero attached hydrogens (tertiary/aromatic N) is 1. The number of hydrogen-bond donors (Lipinski definition) is 2. The van der Waals surface area contributed by atoms with Gasteiger partial charge in [0, 0.05) is 13.1 Å². The maximum Gasteiger partial charge on any atom is 0.115 e. The van der Waals surface area contributed by atoms with Crippen LogP contribution < -0.4 is 5.73 Å². The topological polar surface area (TPSA) is 49.5 Å². The van der Waals surface area contributed by atoms with Gasteiger partial charge < -0.3 is 15.7 Å². The summed E-state index contributed by atoms with van der Waals surface area (Å²) in [5, 5.41) is 9.32. The number of phenols is 1. The Morgan fingerprint density at radius 2 is 2.20 bits per heavy atom. The van der Waals surface area contributed by atoms with Gasteiger partial charge in [-0.1, -0.05) is 19.1 Å². The van der Waals surface area contributed by atoms with Crippen LogP contribution in [0.2, 0.25) is 0 Å². The molecule has 3 heteroatoms. The summed E-state index contributed by atoms with van der Waals surface area (Å²) in [5.41, 5.74) is 6.70. The molecule has 0 aliphatic heterocycles. The van der Waals surface area contributed by atoms with Crippen molar-refractivity contribution in [2.45, 2.75) is 13.5 Å². The smallest absolute Gasteiger partial charge is 0.115 e. The predicted molar refractivity (Wildman–Crippen MR) is 62.7 cm³/mol. The Kier molecular flexibility index (Phi) is 4.59. The lowest BCUT2D eigenvalue weighted by molar-refractivity contribution is 0.281. The van der Waals surface area contributed by atoms with Gasteiger partial charge in [0.2, 0.25) is 0 Å². The molecule has 3 nitrogen and oxygen atoms in total. The zero-order valence-corrected chi connectivity index (χ0v) is 9.48. The van der Waals surface area contributed by atoms with E-state index >= 15 is 0 Å². The lowest BCUT2D eigenvalue weighted by Crippen LogP contribution is -2.27. The molecule has 0 heterocycles. The Labute approximate surface area is 91.5 Å². The number of rotatable bonds is 5. The van der Waals surface area contributed by atoms with Crippen LogP contribution in [0.15, 0.2) is 24.3 Å². The molecule has 1 unspecified atom stereocenters. The Bertz CT molecular complexity index is 301. The van der Waals surface area contributed by atoms with Crippen molar-refractivity contribution in [3.05, 3.63) is 29.8 Å². The van der Waals surface area contributed by atoms with E-state index in [1.54, 1.807) is 12.1 Å². The molecule has 1 aromatic carbocycles. The first kappa shape index (κ1) is 12.0. The molecule has 0 amide bonds. The molecule has 0 fully saturated rings. The van der Waals surface area contributed by atoms with Crippen molar-refractivity contribution in [3.63, 3.8) is 0 Å². The number of nitrogens with two attached hydrogens (primary N) is 1. The van der Waals surface area contributed by atoms with Crippen LogP contribution in [-0.2, 0) is 6.54 Å². The third-order valence-electron chi connectivity index (χ3n) is 2.39. The van der Waals surface area contributed by atoms with Crippen LogP contribution in [-0.4, -0.2) is 30.1 Å². The predicted octanol–water partition coefficient (Wildman–Crippen LogP) is 1.42. The van der Waals surface area contributed by atoms with Gasteiger partial charge in [-0.25, -0.2) is 0 Å². The van der Waals surface area contributed by atoms with Gasteiger partial charge in [0.05, 0.1) is 0 Å². The van der Waals surface area contributed by atoms with Crippen LogP contribution in [0.25, 0.3) is 0 Å². The minimum absolute atomic E-state index is 0.327. The van der Waals surface area contributed by atoms with Gasteiger partial charge in [0.15, 0.2) is 0 Å². The van der Waals surface area contributed by atoms with Crippen molar-refractivity contribution in [3.8, 4) is 5.75 Å². The van der Waals surface area contributed by atoms with Crippen molar-refractivity contribution in [1.82, 2.24) is 4.90 Å². The lowest BCUT2D eigenvalue weighted by Gasteiger charge is -2.20. The van der Waals surface area contributed by atoms with Gasteiger partial charge in [-0.05, 0) is 37.2 Å². The maximum absolute atomic E-state index is 9.32. The first-order chi connectivity index (χ1) is 7.11. The fourth-order valence-corrected chi connectivity index (χ4v) is 1.64. The van der Waals surface area contributed by atoms with Crippen LogP contribution in [0, 0.1) is 5.92 Å². The van der Waals surface area contributed by atoms with E-state index in [0.29, 0.717) is 18.2 Å². The van der Waals surface area contributed by atoms with E-state index in [0.717, 1.165) is 18.7 Å². The fraction of sp³-hybridized carbons (Fsp3) is 0.500. The molecule has 1 aromatic rings. The lowest BCUT2D eigenvalue weighted by atomic mass is 10.1. The largest absolute Gasteiger partial charge is 0.508 e. The zero-order valence-electron chi connectivity index (χ0n) is 9.48. The summed E-state index contributed by atoms with van der Waals surface area (Å²) in [7, 11) is 2.07. The van der Waals surface area contributed by atoms with Gasteiger partial charge in [-0.3, -0.25) is 0 Å². The molecule has 84 valence electrons. The maximum atomic E-state index is 9.32. The third-order valence-corrected chi connectivity index (χ3v) is 2.39. The SMILES string of the molecule is CC(CN)CN(C)Cc1cccc(O)c1. The first-order valence-electron chi connectivity index (χ1n) is 5.28. The minimum atomic E-state index is 0.327. The van der Waals surface area contributed by atoms with E-state index in [1.165, 1.54) is 0 Å². The average Bonchev–Trinajstić information content (AvgIpc) is 2.17. The fourth-order valence-electron chi connectivity index (χ4n) is 1.64. The van der Waals surface area contributed by atoms with E-state index in [4.69, 9.17) is 5.73 Å². The molecule has 0 aliphatic rings. The summed E-state index contributed by atoms with van der Waals surface area (Å²) in [4.78, 5) is 2.21. The Morgan fingerprint density at radius 1 is 1.47 bits per heavy atom. The average molecular weight is 208 g/mol. The molecule has 1 atom stereocenters. The molecule has 3 N–H and O–H groups in total. The molecule has 0 radical (unpaired) electrons. The third kappa shape index (κ3) is 4.32. The van der Waals surface area contributed by atoms with Crippen LogP contribution in [0.4, 0.5) is 0 Å². The summed E-state index contributed by atoms with van der Waals surface area (Å²) in [5.74, 6) is 0.833. The first-order valence-corrected chi connectivity index (χ1v) is 5.28. The minimum Gasteiger partial charge on any atom is -0.508 e. The van der Waals surface area contributed by atoms with Crippen LogP contribution in [0.3, 0.4) is 0 Å². The van der Waals surface area contributed by atoms with Crippen molar-refractivity contribution >= 4 is 0 Å². The number of hydrogen-bond acceptors (Lipinski definition) is 3. The van der Waals surface area contributed by atoms with E-state index in [1.807, 2.05) is 12.1 Å². The normalized spacial score (nSPS) is 13.1. The van der Waals surface area contributed by atoms with Crippen LogP contribution in [0.1, 0.15) is 12.5 Å².